The number of hydrogen-bond acceptors (Lipinski definition) is 3. The maximum Gasteiger partial charge on any atom is 0.0666 e. The molecule has 0 aliphatic rings. The summed E-state index contributed by atoms with van der Waals surface area (Å²) < 4.78 is 6.04. The Labute approximate surface area is 219 Å². The van der Waals surface area contributed by atoms with E-state index in [2.05, 4.69) is 77.3 Å². The van der Waals surface area contributed by atoms with E-state index in [9.17, 15) is 0 Å². The molecule has 0 saturated heterocycles. The van der Waals surface area contributed by atoms with E-state index >= 15 is 0 Å². The Balaban J connectivity index is 1.53. The van der Waals surface area contributed by atoms with Gasteiger partial charge in [-0.3, -0.25) is 0 Å². The lowest BCUT2D eigenvalue weighted by atomic mass is 10.1. The van der Waals surface area contributed by atoms with Gasteiger partial charge < -0.3 is 0 Å². The summed E-state index contributed by atoms with van der Waals surface area (Å²) in [4.78, 5) is 3.19. The highest BCUT2D eigenvalue weighted by Gasteiger charge is 2.17. The average molecular weight is 597 g/mol. The van der Waals surface area contributed by atoms with E-state index < -0.39 is 0 Å². The zero-order valence-electron chi connectivity index (χ0n) is 19.7. The minimum Gasteiger partial charge on any atom is -0.140 e. The smallest absolute Gasteiger partial charge is 0.0666 e. The lowest BCUT2D eigenvalue weighted by molar-refractivity contribution is 0.609. The summed E-state index contributed by atoms with van der Waals surface area (Å²) in [5.74, 6) is 0. The molecule has 1 aromatic carbocycles. The molecule has 0 atom stereocenters. The Morgan fingerprint density at radius 2 is 0.938 bits per heavy atom. The van der Waals surface area contributed by atoms with Crippen LogP contribution in [0.5, 0.6) is 0 Å². The van der Waals surface area contributed by atoms with Crippen molar-refractivity contribution in [2.75, 3.05) is 0 Å². The molecular formula is C28H37IS3. The van der Waals surface area contributed by atoms with Gasteiger partial charge in [0.25, 0.3) is 0 Å². The van der Waals surface area contributed by atoms with E-state index in [1.54, 1.807) is 19.2 Å². The maximum atomic E-state index is 2.55. The molecule has 0 aliphatic heterocycles. The Bertz CT molecular complexity index is 1040. The van der Waals surface area contributed by atoms with Gasteiger partial charge in [-0.1, -0.05) is 78.1 Å². The monoisotopic (exact) mass is 596 g/mol. The van der Waals surface area contributed by atoms with Crippen molar-refractivity contribution in [1.82, 2.24) is 0 Å². The number of halogens is 1. The predicted octanol–water partition coefficient (Wildman–Crippen LogP) is 11.7. The number of unbranched alkanes of at least 4 members (excludes halogenated alkanes) is 10. The zero-order chi connectivity index (χ0) is 22.3. The van der Waals surface area contributed by atoms with E-state index in [1.165, 1.54) is 114 Å². The van der Waals surface area contributed by atoms with Gasteiger partial charge in [0.05, 0.1) is 2.88 Å². The average Bonchev–Trinajstić information content (AvgIpc) is 3.49. The largest absolute Gasteiger partial charge is 0.140 e. The van der Waals surface area contributed by atoms with Gasteiger partial charge >= 0.3 is 0 Å². The van der Waals surface area contributed by atoms with Crippen LogP contribution in [0.25, 0.3) is 30.3 Å². The minimum absolute atomic E-state index is 1.26. The van der Waals surface area contributed by atoms with Crippen molar-refractivity contribution in [3.63, 3.8) is 0 Å². The highest BCUT2D eigenvalue weighted by Crippen LogP contribution is 2.46. The van der Waals surface area contributed by atoms with Crippen LogP contribution in [0, 0.1) is 2.88 Å². The third-order valence-electron chi connectivity index (χ3n) is 6.56. The molecule has 4 aromatic rings. The SMILES string of the molecule is CCCCCCCCc1cc2c(s1)c1cc(I)sc1c1cc(CCCCCCCC)sc12. The van der Waals surface area contributed by atoms with Crippen LogP contribution in [0.2, 0.25) is 0 Å². The number of hydrogen-bond donors (Lipinski definition) is 0. The number of benzene rings is 1. The van der Waals surface area contributed by atoms with Crippen molar-refractivity contribution in [2.45, 2.75) is 104 Å². The van der Waals surface area contributed by atoms with Crippen LogP contribution in [-0.2, 0) is 12.8 Å². The molecule has 3 heterocycles. The van der Waals surface area contributed by atoms with Crippen LogP contribution in [0.15, 0.2) is 18.2 Å². The van der Waals surface area contributed by atoms with Gasteiger partial charge in [0.15, 0.2) is 0 Å². The van der Waals surface area contributed by atoms with Crippen molar-refractivity contribution in [1.29, 1.82) is 0 Å². The molecule has 0 nitrogen and oxygen atoms in total. The predicted molar refractivity (Wildman–Crippen MR) is 159 cm³/mol. The molecule has 0 unspecified atom stereocenters. The van der Waals surface area contributed by atoms with Gasteiger partial charge in [0, 0.05) is 40.0 Å². The lowest BCUT2D eigenvalue weighted by Gasteiger charge is -1.99. The number of thiophene rings is 3. The molecule has 0 bridgehead atoms. The fraction of sp³-hybridized carbons (Fsp3) is 0.571. The lowest BCUT2D eigenvalue weighted by Crippen LogP contribution is -1.82. The Morgan fingerprint density at radius 1 is 0.531 bits per heavy atom. The first kappa shape index (κ1) is 24.9. The van der Waals surface area contributed by atoms with Gasteiger partial charge in [-0.05, 0) is 66.5 Å². The molecule has 4 rings (SSSR count). The number of rotatable bonds is 14. The normalized spacial score (nSPS) is 12.1. The van der Waals surface area contributed by atoms with E-state index in [1.807, 2.05) is 11.3 Å². The summed E-state index contributed by atoms with van der Waals surface area (Å²) in [6.45, 7) is 4.60. The Morgan fingerprint density at radius 3 is 1.44 bits per heavy atom. The van der Waals surface area contributed by atoms with E-state index in [0.29, 0.717) is 0 Å². The third kappa shape index (κ3) is 6.09. The molecule has 4 heteroatoms. The molecule has 0 radical (unpaired) electrons. The molecule has 0 fully saturated rings. The van der Waals surface area contributed by atoms with Crippen LogP contribution in [0.4, 0.5) is 0 Å². The van der Waals surface area contributed by atoms with Gasteiger partial charge in [0.1, 0.15) is 0 Å². The highest BCUT2D eigenvalue weighted by molar-refractivity contribution is 14.1. The van der Waals surface area contributed by atoms with E-state index in [0.717, 1.165) is 0 Å². The van der Waals surface area contributed by atoms with Crippen molar-refractivity contribution in [3.8, 4) is 0 Å². The molecule has 32 heavy (non-hydrogen) atoms. The minimum atomic E-state index is 1.26. The molecular weight excluding hydrogens is 559 g/mol. The fourth-order valence-corrected chi connectivity index (χ4v) is 9.29. The number of aryl methyl sites for hydroxylation is 2. The van der Waals surface area contributed by atoms with Crippen molar-refractivity contribution < 1.29 is 0 Å². The summed E-state index contributed by atoms with van der Waals surface area (Å²) in [6, 6.07) is 7.51. The quantitative estimate of drug-likeness (QED) is 0.100. The van der Waals surface area contributed by atoms with Crippen molar-refractivity contribution in [3.05, 3.63) is 30.8 Å². The summed E-state index contributed by atoms with van der Waals surface area (Å²) >= 11 is 8.65. The first-order valence-electron chi connectivity index (χ1n) is 12.8. The Hall–Kier alpha value is -0.170. The van der Waals surface area contributed by atoms with Crippen molar-refractivity contribution >= 4 is 86.9 Å². The first-order chi connectivity index (χ1) is 15.7. The van der Waals surface area contributed by atoms with Crippen LogP contribution in [-0.4, -0.2) is 0 Å². The zero-order valence-corrected chi connectivity index (χ0v) is 24.3. The molecule has 0 spiro atoms. The highest BCUT2D eigenvalue weighted by atomic mass is 127. The summed E-state index contributed by atoms with van der Waals surface area (Å²) in [7, 11) is 0. The maximum absolute atomic E-state index is 2.55. The fourth-order valence-electron chi connectivity index (χ4n) is 4.76. The molecule has 0 N–H and O–H groups in total. The summed E-state index contributed by atoms with van der Waals surface area (Å²) in [6.07, 6.45) is 19.1. The topological polar surface area (TPSA) is 0 Å². The van der Waals surface area contributed by atoms with Crippen LogP contribution in [0.1, 0.15) is 101 Å². The van der Waals surface area contributed by atoms with E-state index in [4.69, 9.17) is 0 Å². The molecule has 0 amide bonds. The molecule has 174 valence electrons. The molecule has 3 aromatic heterocycles. The third-order valence-corrected chi connectivity index (χ3v) is 10.9. The van der Waals surface area contributed by atoms with Gasteiger partial charge in [-0.15, -0.1) is 34.0 Å². The van der Waals surface area contributed by atoms with Crippen LogP contribution >= 0.6 is 56.6 Å². The second kappa shape index (κ2) is 12.5. The van der Waals surface area contributed by atoms with Gasteiger partial charge in [-0.25, -0.2) is 0 Å². The van der Waals surface area contributed by atoms with Crippen LogP contribution in [0.3, 0.4) is 0 Å². The Kier molecular flexibility index (Phi) is 9.75. The molecule has 0 saturated carbocycles. The van der Waals surface area contributed by atoms with E-state index in [-0.39, 0.29) is 0 Å². The number of fused-ring (bicyclic) bond motifs is 6. The second-order valence-electron chi connectivity index (χ2n) is 9.24. The van der Waals surface area contributed by atoms with Gasteiger partial charge in [-0.2, -0.15) is 0 Å². The first-order valence-corrected chi connectivity index (χ1v) is 16.3. The van der Waals surface area contributed by atoms with Gasteiger partial charge in [0.2, 0.25) is 0 Å². The second-order valence-corrected chi connectivity index (χ2v) is 14.5. The summed E-state index contributed by atoms with van der Waals surface area (Å²) in [5.41, 5.74) is 0. The molecule has 0 aliphatic carbocycles. The van der Waals surface area contributed by atoms with Crippen molar-refractivity contribution in [2.24, 2.45) is 0 Å². The summed E-state index contributed by atoms with van der Waals surface area (Å²) in [5, 5.41) is 4.56. The standard InChI is InChI=1S/C28H37IS3/c1-3-5-7-9-11-13-15-20-17-22-26-23(28-24(27(22)31-20)19-25(29)32-28)18-21(30-26)16-14-12-10-8-6-4-2/h17-19H,3-16H2,1-2H3. The van der Waals surface area contributed by atoms with Crippen LogP contribution < -0.4 is 0 Å².